The first-order valence-corrected chi connectivity index (χ1v) is 12.3. The molecule has 8 nitrogen and oxygen atoms in total. The molecule has 1 fully saturated rings. The molecule has 1 aliphatic heterocycles. The van der Waals surface area contributed by atoms with Crippen molar-refractivity contribution in [3.05, 3.63) is 17.7 Å². The van der Waals surface area contributed by atoms with Gasteiger partial charge in [0.25, 0.3) is 0 Å². The first-order chi connectivity index (χ1) is 12.4. The number of anilines is 1. The monoisotopic (exact) mass is 416 g/mol. The van der Waals surface area contributed by atoms with Crippen LogP contribution in [-0.4, -0.2) is 37.9 Å². The molecule has 1 aliphatic rings. The van der Waals surface area contributed by atoms with Gasteiger partial charge in [0.15, 0.2) is 0 Å². The smallest absolute Gasteiger partial charge is 0.238 e. The summed E-state index contributed by atoms with van der Waals surface area (Å²) in [6.45, 7) is 4.92. The molecule has 10 heteroatoms. The molecule has 1 amide bonds. The summed E-state index contributed by atoms with van der Waals surface area (Å²) >= 11 is 0. The van der Waals surface area contributed by atoms with Gasteiger partial charge in [-0.05, 0) is 42.4 Å². The lowest BCUT2D eigenvalue weighted by atomic mass is 9.97. The minimum absolute atomic E-state index is 0.00174. The van der Waals surface area contributed by atoms with Crippen molar-refractivity contribution >= 4 is 31.3 Å². The number of carbonyl (C=O) groups is 1. The van der Waals surface area contributed by atoms with Gasteiger partial charge >= 0.3 is 0 Å². The summed E-state index contributed by atoms with van der Waals surface area (Å²) in [5, 5.41) is 11.3. The number of hydrogen-bond acceptors (Lipinski definition) is 6. The summed E-state index contributed by atoms with van der Waals surface area (Å²) in [6.07, 6.45) is 2.84. The van der Waals surface area contributed by atoms with Gasteiger partial charge in [0.05, 0.1) is 25.2 Å². The van der Waals surface area contributed by atoms with Gasteiger partial charge in [0.2, 0.25) is 15.9 Å². The molecule has 27 heavy (non-hydrogen) atoms. The Morgan fingerprint density at radius 1 is 1.33 bits per heavy atom. The highest BCUT2D eigenvalue weighted by molar-refractivity contribution is 7.92. The van der Waals surface area contributed by atoms with Crippen LogP contribution in [0.25, 0.3) is 0 Å². The standard InChI is InChI=1S/C17H28N4O4S2/c1-11(2)8-13-15(27(19,24)25)5-4-14(17(13)26(3,18)23)21-10-12-6-7-20-16(22)9-12/h4-5,11-12,18,21H,6-10H2,1-3H3,(H,20,22)(H2,19,24,25). The Morgan fingerprint density at radius 2 is 2.00 bits per heavy atom. The highest BCUT2D eigenvalue weighted by Crippen LogP contribution is 2.33. The molecule has 2 rings (SSSR count). The molecule has 5 N–H and O–H groups in total. The fourth-order valence-electron chi connectivity index (χ4n) is 3.34. The minimum Gasteiger partial charge on any atom is -0.384 e. The summed E-state index contributed by atoms with van der Waals surface area (Å²) in [6, 6.07) is 2.91. The van der Waals surface area contributed by atoms with E-state index in [-0.39, 0.29) is 27.5 Å². The molecule has 0 spiro atoms. The number of nitrogens with one attached hydrogen (secondary N) is 3. The van der Waals surface area contributed by atoms with Gasteiger partial charge in [-0.1, -0.05) is 13.8 Å². The van der Waals surface area contributed by atoms with Crippen LogP contribution in [0.5, 0.6) is 0 Å². The van der Waals surface area contributed by atoms with Crippen molar-refractivity contribution in [2.75, 3.05) is 24.7 Å². The van der Waals surface area contributed by atoms with Gasteiger partial charge in [-0.15, -0.1) is 0 Å². The maximum absolute atomic E-state index is 12.7. The molecule has 0 radical (unpaired) electrons. The maximum atomic E-state index is 12.7. The Morgan fingerprint density at radius 3 is 2.52 bits per heavy atom. The number of rotatable bonds is 7. The van der Waals surface area contributed by atoms with Gasteiger partial charge < -0.3 is 10.6 Å². The van der Waals surface area contributed by atoms with Gasteiger partial charge in [-0.3, -0.25) is 4.79 Å². The molecule has 152 valence electrons. The number of primary sulfonamides is 1. The lowest BCUT2D eigenvalue weighted by Gasteiger charge is -2.25. The number of benzene rings is 1. The van der Waals surface area contributed by atoms with E-state index in [2.05, 4.69) is 10.6 Å². The molecule has 0 aromatic heterocycles. The van der Waals surface area contributed by atoms with E-state index in [0.29, 0.717) is 37.2 Å². The normalized spacial score (nSPS) is 20.2. The van der Waals surface area contributed by atoms with Crippen LogP contribution in [0, 0.1) is 16.6 Å². The van der Waals surface area contributed by atoms with Gasteiger partial charge in [-0.2, -0.15) is 0 Å². The van der Waals surface area contributed by atoms with Gasteiger partial charge in [0.1, 0.15) is 0 Å². The molecule has 2 unspecified atom stereocenters. The third-order valence-corrected chi connectivity index (χ3v) is 6.70. The van der Waals surface area contributed by atoms with Crippen LogP contribution in [0.15, 0.2) is 21.9 Å². The van der Waals surface area contributed by atoms with Crippen molar-refractivity contribution in [1.29, 1.82) is 4.78 Å². The average molecular weight is 417 g/mol. The molecular weight excluding hydrogens is 388 g/mol. The topological polar surface area (TPSA) is 142 Å². The van der Waals surface area contributed by atoms with Crippen LogP contribution in [0.3, 0.4) is 0 Å². The lowest BCUT2D eigenvalue weighted by Crippen LogP contribution is -2.36. The molecule has 0 saturated carbocycles. The van der Waals surface area contributed by atoms with E-state index in [9.17, 15) is 17.4 Å². The molecule has 2 atom stereocenters. The van der Waals surface area contributed by atoms with Crippen LogP contribution < -0.4 is 15.8 Å². The Hall–Kier alpha value is -1.65. The first-order valence-electron chi connectivity index (χ1n) is 8.82. The molecule has 1 saturated heterocycles. The van der Waals surface area contributed by atoms with E-state index in [1.165, 1.54) is 18.4 Å². The second-order valence-corrected chi connectivity index (χ2v) is 11.1. The van der Waals surface area contributed by atoms with Crippen LogP contribution in [0.1, 0.15) is 32.3 Å². The zero-order valence-corrected chi connectivity index (χ0v) is 17.5. The third-order valence-electron chi connectivity index (χ3n) is 4.46. The fourth-order valence-corrected chi connectivity index (χ4v) is 5.42. The summed E-state index contributed by atoms with van der Waals surface area (Å²) in [5.74, 6) is 0.207. The van der Waals surface area contributed by atoms with E-state index < -0.39 is 19.8 Å². The van der Waals surface area contributed by atoms with E-state index >= 15 is 0 Å². The van der Waals surface area contributed by atoms with E-state index in [4.69, 9.17) is 9.92 Å². The van der Waals surface area contributed by atoms with Crippen LogP contribution >= 0.6 is 0 Å². The van der Waals surface area contributed by atoms with Crippen molar-refractivity contribution in [2.24, 2.45) is 17.0 Å². The molecule has 1 aromatic carbocycles. The largest absolute Gasteiger partial charge is 0.384 e. The van der Waals surface area contributed by atoms with E-state index in [1.54, 1.807) is 0 Å². The highest BCUT2D eigenvalue weighted by atomic mass is 32.2. The number of piperidine rings is 1. The average Bonchev–Trinajstić information content (AvgIpc) is 2.50. The number of amides is 1. The second-order valence-electron chi connectivity index (χ2n) is 7.50. The van der Waals surface area contributed by atoms with E-state index in [0.717, 1.165) is 6.42 Å². The quantitative estimate of drug-likeness (QED) is 0.533. The van der Waals surface area contributed by atoms with Gasteiger partial charge in [0, 0.05) is 25.8 Å². The van der Waals surface area contributed by atoms with Crippen molar-refractivity contribution in [3.8, 4) is 0 Å². The van der Waals surface area contributed by atoms with Crippen molar-refractivity contribution in [2.45, 2.75) is 42.9 Å². The zero-order valence-electron chi connectivity index (χ0n) is 15.9. The number of nitrogens with two attached hydrogens (primary N) is 1. The predicted molar refractivity (Wildman–Crippen MR) is 106 cm³/mol. The minimum atomic E-state index is -4.01. The Kier molecular flexibility index (Phi) is 6.54. The lowest BCUT2D eigenvalue weighted by molar-refractivity contribution is -0.123. The highest BCUT2D eigenvalue weighted by Gasteiger charge is 2.26. The molecule has 0 aliphatic carbocycles. The summed E-state index contributed by atoms with van der Waals surface area (Å²) in [4.78, 5) is 11.6. The maximum Gasteiger partial charge on any atom is 0.238 e. The molecule has 1 heterocycles. The Balaban J connectivity index is 2.49. The van der Waals surface area contributed by atoms with Crippen LogP contribution in [-0.2, 0) is 31.0 Å². The Labute approximate surface area is 161 Å². The Bertz CT molecular complexity index is 924. The molecule has 1 aromatic rings. The fraction of sp³-hybridized carbons (Fsp3) is 0.588. The first kappa shape index (κ1) is 21.6. The molecule has 0 bridgehead atoms. The van der Waals surface area contributed by atoms with Crippen molar-refractivity contribution < 1.29 is 17.4 Å². The van der Waals surface area contributed by atoms with Crippen LogP contribution in [0.2, 0.25) is 0 Å². The van der Waals surface area contributed by atoms with Crippen LogP contribution in [0.4, 0.5) is 5.69 Å². The second kappa shape index (κ2) is 8.15. The van der Waals surface area contributed by atoms with Crippen molar-refractivity contribution in [1.82, 2.24) is 5.32 Å². The zero-order chi connectivity index (χ0) is 20.4. The predicted octanol–water partition coefficient (Wildman–Crippen LogP) is 1.51. The summed E-state index contributed by atoms with van der Waals surface area (Å²) in [7, 11) is -7.23. The summed E-state index contributed by atoms with van der Waals surface area (Å²) < 4.78 is 44.9. The van der Waals surface area contributed by atoms with Gasteiger partial charge in [-0.25, -0.2) is 22.5 Å². The summed E-state index contributed by atoms with van der Waals surface area (Å²) in [5.41, 5.74) is 0.799. The third kappa shape index (κ3) is 5.66. The van der Waals surface area contributed by atoms with Crippen molar-refractivity contribution in [3.63, 3.8) is 0 Å². The number of hydrogen-bond donors (Lipinski definition) is 4. The number of sulfonamides is 1. The SMILES string of the molecule is CC(C)Cc1c(S(N)(=O)=O)ccc(NCC2CCNC(=O)C2)c1S(C)(=N)=O. The van der Waals surface area contributed by atoms with E-state index in [1.807, 2.05) is 13.8 Å². The molecular formula is C17H28N4O4S2. The number of carbonyl (C=O) groups excluding carboxylic acids is 1.